The summed E-state index contributed by atoms with van der Waals surface area (Å²) < 4.78 is 132. The number of nitrogens with one attached hydrogen (secondary N) is 3. The second-order valence-electron chi connectivity index (χ2n) is 15.1. The summed E-state index contributed by atoms with van der Waals surface area (Å²) in [5.41, 5.74) is -4.20. The van der Waals surface area contributed by atoms with E-state index in [4.69, 9.17) is 16.6 Å². The molecule has 2 aliphatic carbocycles. The first kappa shape index (κ1) is 42.0. The molecule has 1 amide bonds. The molecule has 8 rings (SSSR count). The highest BCUT2D eigenvalue weighted by atomic mass is 35.5. The number of aliphatic hydroxyl groups is 1. The van der Waals surface area contributed by atoms with Gasteiger partial charge in [-0.25, -0.2) is 22.2 Å². The minimum Gasteiger partial charge on any atom is -0.376 e. The Morgan fingerprint density at radius 2 is 1.84 bits per heavy atom. The molecule has 3 aromatic heterocycles. The molecule has 0 bridgehead atoms. The van der Waals surface area contributed by atoms with Gasteiger partial charge in [-0.05, 0) is 67.6 Å². The molecule has 3 aliphatic rings. The average molecular weight is 889 g/mol. The Labute approximate surface area is 347 Å². The fourth-order valence-electron chi connectivity index (χ4n) is 8.00. The number of fused-ring (bicyclic) bond motifs is 4. The minimum atomic E-state index is -5.16. The topological polar surface area (TPSA) is 156 Å². The number of rotatable bonds is 9. The predicted octanol–water partition coefficient (Wildman–Crippen LogP) is 5.54. The first-order valence-electron chi connectivity index (χ1n) is 18.5. The standard InChI is InChI=1S/C40H32ClF7N8O4S/c1-55-34-25(7-9-28(41)32(34)37(53-55)54-61(2,59)60)24-5-4-23(10-12-38(58)11-3-13-49-19-38)50-33(24)29(16-20-14-21(42)17-22(43)15-20)51-30(57)18-56-36-31(35(52-56)40(46,47)48)26-6-8-27(26)39(36,44)45/h4-5,7,9,14-15,17,26-27,29,49,58H,3,11,13,16,18-19H2,1-2H3,(H,51,57)(H,53,54)/t26-,27+,29-,38?/m0/s1. The number of nitrogens with zero attached hydrogens (tertiary/aromatic N) is 5. The third-order valence-corrected chi connectivity index (χ3v) is 11.4. The number of anilines is 1. The lowest BCUT2D eigenvalue weighted by molar-refractivity contribution is -0.142. The number of piperidine rings is 1. The van der Waals surface area contributed by atoms with E-state index in [-0.39, 0.29) is 55.5 Å². The molecular formula is C40H32ClF7N8O4S. The summed E-state index contributed by atoms with van der Waals surface area (Å²) in [5.74, 6) is -0.0438. The monoisotopic (exact) mass is 888 g/mol. The van der Waals surface area contributed by atoms with Crippen molar-refractivity contribution < 1.29 is 49.1 Å². The van der Waals surface area contributed by atoms with Crippen molar-refractivity contribution >= 4 is 44.3 Å². The van der Waals surface area contributed by atoms with E-state index in [1.165, 1.54) is 29.9 Å². The molecule has 4 heterocycles. The van der Waals surface area contributed by atoms with E-state index in [1.807, 2.05) is 0 Å². The number of alkyl halides is 5. The highest BCUT2D eigenvalue weighted by Crippen LogP contribution is 2.58. The second-order valence-corrected chi connectivity index (χ2v) is 17.2. The highest BCUT2D eigenvalue weighted by Gasteiger charge is 2.62. The van der Waals surface area contributed by atoms with Gasteiger partial charge in [-0.3, -0.25) is 18.9 Å². The summed E-state index contributed by atoms with van der Waals surface area (Å²) in [5, 5.41) is 24.8. The summed E-state index contributed by atoms with van der Waals surface area (Å²) in [6.45, 7) is -0.328. The maximum atomic E-state index is 15.6. The third kappa shape index (κ3) is 8.00. The number of amides is 1. The van der Waals surface area contributed by atoms with Crippen molar-refractivity contribution in [2.45, 2.75) is 55.5 Å². The van der Waals surface area contributed by atoms with Gasteiger partial charge in [0.15, 0.2) is 11.5 Å². The molecule has 12 nitrogen and oxygen atoms in total. The minimum absolute atomic E-state index is 0.0179. The molecule has 0 saturated carbocycles. The van der Waals surface area contributed by atoms with Crippen LogP contribution in [0.2, 0.25) is 5.02 Å². The fraction of sp³-hybridized carbons (Fsp3) is 0.350. The lowest BCUT2D eigenvalue weighted by Gasteiger charge is -2.27. The lowest BCUT2D eigenvalue weighted by Crippen LogP contribution is -2.44. The lowest BCUT2D eigenvalue weighted by atomic mass is 9.84. The summed E-state index contributed by atoms with van der Waals surface area (Å²) in [6, 6.07) is 7.16. The zero-order chi connectivity index (χ0) is 43.8. The van der Waals surface area contributed by atoms with Gasteiger partial charge in [0.05, 0.1) is 39.8 Å². The molecule has 2 aromatic carbocycles. The van der Waals surface area contributed by atoms with E-state index in [9.17, 15) is 40.3 Å². The van der Waals surface area contributed by atoms with Crippen LogP contribution in [-0.4, -0.2) is 68.9 Å². The Morgan fingerprint density at radius 1 is 1.11 bits per heavy atom. The number of halogens is 8. The Morgan fingerprint density at radius 3 is 2.48 bits per heavy atom. The van der Waals surface area contributed by atoms with Gasteiger partial charge in [-0.1, -0.05) is 35.4 Å². The zero-order valence-corrected chi connectivity index (χ0v) is 33.4. The maximum Gasteiger partial charge on any atom is 0.435 e. The van der Waals surface area contributed by atoms with Crippen LogP contribution in [0.4, 0.5) is 36.6 Å². The van der Waals surface area contributed by atoms with Gasteiger partial charge in [0.1, 0.15) is 41.1 Å². The fourth-order valence-corrected chi connectivity index (χ4v) is 8.73. The van der Waals surface area contributed by atoms with Gasteiger partial charge in [-0.15, -0.1) is 0 Å². The zero-order valence-electron chi connectivity index (χ0n) is 31.9. The van der Waals surface area contributed by atoms with Crippen molar-refractivity contribution in [2.24, 2.45) is 13.0 Å². The summed E-state index contributed by atoms with van der Waals surface area (Å²) in [4.78, 5) is 18.8. The molecule has 0 radical (unpaired) electrons. The van der Waals surface area contributed by atoms with E-state index in [0.717, 1.165) is 18.4 Å². The van der Waals surface area contributed by atoms with Crippen molar-refractivity contribution in [1.82, 2.24) is 35.2 Å². The van der Waals surface area contributed by atoms with E-state index in [1.54, 1.807) is 6.07 Å². The SMILES string of the molecule is Cn1nc(NS(C)(=O)=O)c2c(Cl)ccc(-c3ccc(C#CC4(O)CCCNC4)nc3[C@H](Cc3cc(F)cc(F)c3)NC(=O)Cn3nc(C(F)(F)F)c4c3C(F)(F)[C@@H]3C#C[C@H]43)c21. The van der Waals surface area contributed by atoms with Crippen LogP contribution in [0.25, 0.3) is 22.0 Å². The van der Waals surface area contributed by atoms with E-state index in [2.05, 4.69) is 49.2 Å². The molecule has 1 unspecified atom stereocenters. The van der Waals surface area contributed by atoms with Crippen LogP contribution in [0.5, 0.6) is 0 Å². The second kappa shape index (κ2) is 15.0. The number of benzene rings is 2. The van der Waals surface area contributed by atoms with Gasteiger partial charge in [0.2, 0.25) is 15.9 Å². The third-order valence-electron chi connectivity index (χ3n) is 10.5. The predicted molar refractivity (Wildman–Crippen MR) is 207 cm³/mol. The number of sulfonamides is 1. The van der Waals surface area contributed by atoms with Crippen LogP contribution < -0.4 is 15.4 Å². The van der Waals surface area contributed by atoms with Crippen molar-refractivity contribution in [3.63, 3.8) is 0 Å². The number of hydrogen-bond donors (Lipinski definition) is 4. The molecule has 5 aromatic rings. The number of hydrogen-bond acceptors (Lipinski definition) is 8. The van der Waals surface area contributed by atoms with Crippen molar-refractivity contribution in [3.05, 3.63) is 93.0 Å². The van der Waals surface area contributed by atoms with E-state index >= 15 is 8.78 Å². The molecule has 1 fully saturated rings. The quantitative estimate of drug-likeness (QED) is 0.111. The van der Waals surface area contributed by atoms with Gasteiger partial charge in [0.25, 0.3) is 0 Å². The number of aromatic nitrogens is 5. The van der Waals surface area contributed by atoms with Gasteiger partial charge in [0, 0.05) is 36.3 Å². The largest absolute Gasteiger partial charge is 0.435 e. The Bertz CT molecular complexity index is 2870. The number of carbonyl (C=O) groups excluding carboxylic acids is 1. The molecule has 4 N–H and O–H groups in total. The van der Waals surface area contributed by atoms with Crippen LogP contribution in [0.15, 0.2) is 42.5 Å². The van der Waals surface area contributed by atoms with E-state index in [0.29, 0.717) is 31.0 Å². The van der Waals surface area contributed by atoms with Gasteiger partial charge >= 0.3 is 12.1 Å². The number of pyridine rings is 1. The van der Waals surface area contributed by atoms with Crippen LogP contribution in [0.1, 0.15) is 58.7 Å². The smallest absolute Gasteiger partial charge is 0.376 e. The molecule has 0 spiro atoms. The number of carbonyl (C=O) groups is 1. The average Bonchev–Trinajstić information content (AvgIpc) is 3.71. The first-order valence-corrected chi connectivity index (χ1v) is 20.8. The molecule has 318 valence electrons. The first-order chi connectivity index (χ1) is 28.6. The van der Waals surface area contributed by atoms with Crippen molar-refractivity contribution in [3.8, 4) is 34.8 Å². The molecule has 21 heteroatoms. The Hall–Kier alpha value is -5.67. The van der Waals surface area contributed by atoms with Crippen LogP contribution in [0, 0.1) is 41.2 Å². The number of aryl methyl sites for hydroxylation is 1. The normalized spacial score (nSPS) is 20.7. The highest BCUT2D eigenvalue weighted by molar-refractivity contribution is 7.92. The van der Waals surface area contributed by atoms with Crippen LogP contribution in [0.3, 0.4) is 0 Å². The molecule has 61 heavy (non-hydrogen) atoms. The van der Waals surface area contributed by atoms with E-state index < -0.39 is 93.1 Å². The Balaban J connectivity index is 1.28. The summed E-state index contributed by atoms with van der Waals surface area (Å²) >= 11 is 6.60. The number of β-amino-alcohol motifs (C(OH)–C–C–N with tert-alkyl or cyclic N) is 1. The van der Waals surface area contributed by atoms with Crippen molar-refractivity contribution in [1.29, 1.82) is 0 Å². The van der Waals surface area contributed by atoms with Crippen LogP contribution >= 0.6 is 11.6 Å². The van der Waals surface area contributed by atoms with Gasteiger partial charge < -0.3 is 15.7 Å². The summed E-state index contributed by atoms with van der Waals surface area (Å²) in [7, 11) is -2.37. The molecular weight excluding hydrogens is 857 g/mol. The van der Waals surface area contributed by atoms with Crippen LogP contribution in [-0.2, 0) is 46.9 Å². The maximum absolute atomic E-state index is 15.6. The molecule has 1 saturated heterocycles. The molecule has 1 aliphatic heterocycles. The Kier molecular flexibility index (Phi) is 10.4. The van der Waals surface area contributed by atoms with Crippen molar-refractivity contribution in [2.75, 3.05) is 24.1 Å². The molecule has 4 atom stereocenters. The van der Waals surface area contributed by atoms with Gasteiger partial charge in [-0.2, -0.15) is 32.1 Å². The summed E-state index contributed by atoms with van der Waals surface area (Å²) in [6.07, 6.45) is -3.71.